The standard InChI is InChI=1S/C21H26N4O3/c1-28-13-12-22-21(23-15-16-6-10-20(11-7-16)25(26)27)24-19-9-8-17-4-2-3-5-18(17)14-19/h2-7,10-11,19H,8-9,12-15H2,1H3,(H2,22,23,24). The van der Waals surface area contributed by atoms with Crippen LogP contribution in [-0.2, 0) is 24.1 Å². The molecule has 1 aliphatic rings. The van der Waals surface area contributed by atoms with Crippen molar-refractivity contribution in [3.05, 3.63) is 75.3 Å². The van der Waals surface area contributed by atoms with Gasteiger partial charge in [0, 0.05) is 31.8 Å². The number of nitrogens with one attached hydrogen (secondary N) is 2. The van der Waals surface area contributed by atoms with Crippen molar-refractivity contribution in [2.24, 2.45) is 4.99 Å². The molecule has 0 bridgehead atoms. The number of non-ortho nitro benzene ring substituents is 1. The molecule has 2 aromatic rings. The van der Waals surface area contributed by atoms with Crippen LogP contribution in [0.4, 0.5) is 5.69 Å². The fourth-order valence-electron chi connectivity index (χ4n) is 3.33. The predicted molar refractivity (Wildman–Crippen MR) is 110 cm³/mol. The van der Waals surface area contributed by atoms with Gasteiger partial charge in [-0.1, -0.05) is 36.4 Å². The minimum atomic E-state index is -0.396. The molecule has 0 spiro atoms. The maximum atomic E-state index is 10.8. The Bertz CT molecular complexity index is 821. The summed E-state index contributed by atoms with van der Waals surface area (Å²) in [7, 11) is 1.67. The summed E-state index contributed by atoms with van der Waals surface area (Å²) in [5.74, 6) is 0.736. The van der Waals surface area contributed by atoms with Crippen LogP contribution in [0.1, 0.15) is 23.1 Å². The van der Waals surface area contributed by atoms with Crippen LogP contribution in [0.2, 0.25) is 0 Å². The van der Waals surface area contributed by atoms with Crippen molar-refractivity contribution in [1.29, 1.82) is 0 Å². The van der Waals surface area contributed by atoms with E-state index in [0.717, 1.165) is 30.8 Å². The molecule has 1 aliphatic carbocycles. The van der Waals surface area contributed by atoms with Crippen molar-refractivity contribution in [2.45, 2.75) is 31.8 Å². The summed E-state index contributed by atoms with van der Waals surface area (Å²) in [5.41, 5.74) is 3.83. The second-order valence-electron chi connectivity index (χ2n) is 6.86. The number of hydrogen-bond donors (Lipinski definition) is 2. The van der Waals surface area contributed by atoms with Gasteiger partial charge in [-0.05, 0) is 36.0 Å². The van der Waals surface area contributed by atoms with Crippen molar-refractivity contribution in [3.63, 3.8) is 0 Å². The molecular formula is C21H26N4O3. The monoisotopic (exact) mass is 382 g/mol. The molecule has 3 rings (SSSR count). The van der Waals surface area contributed by atoms with E-state index >= 15 is 0 Å². The zero-order valence-corrected chi connectivity index (χ0v) is 16.1. The highest BCUT2D eigenvalue weighted by molar-refractivity contribution is 5.80. The Morgan fingerprint density at radius 3 is 2.68 bits per heavy atom. The molecule has 7 nitrogen and oxygen atoms in total. The van der Waals surface area contributed by atoms with E-state index in [2.05, 4.69) is 39.9 Å². The van der Waals surface area contributed by atoms with Gasteiger partial charge < -0.3 is 15.4 Å². The molecule has 0 saturated heterocycles. The maximum absolute atomic E-state index is 10.8. The molecule has 0 amide bonds. The van der Waals surface area contributed by atoms with Crippen LogP contribution in [0.25, 0.3) is 0 Å². The molecule has 0 fully saturated rings. The van der Waals surface area contributed by atoms with Crippen LogP contribution in [0.15, 0.2) is 53.5 Å². The Morgan fingerprint density at radius 1 is 1.21 bits per heavy atom. The van der Waals surface area contributed by atoms with Crippen LogP contribution in [0.3, 0.4) is 0 Å². The molecule has 0 aromatic heterocycles. The van der Waals surface area contributed by atoms with Crippen LogP contribution in [0, 0.1) is 10.1 Å². The summed E-state index contributed by atoms with van der Waals surface area (Å²) >= 11 is 0. The third-order valence-electron chi connectivity index (χ3n) is 4.85. The lowest BCUT2D eigenvalue weighted by Gasteiger charge is -2.27. The van der Waals surface area contributed by atoms with Gasteiger partial charge in [0.15, 0.2) is 5.96 Å². The van der Waals surface area contributed by atoms with Crippen LogP contribution >= 0.6 is 0 Å². The van der Waals surface area contributed by atoms with E-state index < -0.39 is 4.92 Å². The van der Waals surface area contributed by atoms with Crippen molar-refractivity contribution in [2.75, 3.05) is 20.3 Å². The summed E-state index contributed by atoms with van der Waals surface area (Å²) in [4.78, 5) is 15.0. The Hall–Kier alpha value is -2.93. The first-order valence-corrected chi connectivity index (χ1v) is 9.49. The summed E-state index contributed by atoms with van der Waals surface area (Å²) in [6.45, 7) is 1.70. The Balaban J connectivity index is 1.64. The zero-order valence-electron chi connectivity index (χ0n) is 16.1. The molecule has 2 N–H and O–H groups in total. The fraction of sp³-hybridized carbons (Fsp3) is 0.381. The number of nitro groups is 1. The Morgan fingerprint density at radius 2 is 1.96 bits per heavy atom. The van der Waals surface area contributed by atoms with Crippen molar-refractivity contribution < 1.29 is 9.66 Å². The maximum Gasteiger partial charge on any atom is 0.269 e. The average Bonchev–Trinajstić information content (AvgIpc) is 2.72. The molecular weight excluding hydrogens is 356 g/mol. The van der Waals surface area contributed by atoms with Gasteiger partial charge in [0.05, 0.1) is 18.1 Å². The number of aliphatic imine (C=N–C) groups is 1. The molecule has 1 unspecified atom stereocenters. The lowest BCUT2D eigenvalue weighted by molar-refractivity contribution is -0.384. The summed E-state index contributed by atoms with van der Waals surface area (Å²) in [6.07, 6.45) is 3.08. The van der Waals surface area contributed by atoms with Gasteiger partial charge in [0.2, 0.25) is 0 Å². The molecule has 0 radical (unpaired) electrons. The van der Waals surface area contributed by atoms with Crippen molar-refractivity contribution >= 4 is 11.6 Å². The molecule has 148 valence electrons. The van der Waals surface area contributed by atoms with Crippen LogP contribution in [0.5, 0.6) is 0 Å². The molecule has 0 heterocycles. The first-order chi connectivity index (χ1) is 13.7. The molecule has 28 heavy (non-hydrogen) atoms. The van der Waals surface area contributed by atoms with E-state index in [-0.39, 0.29) is 5.69 Å². The highest BCUT2D eigenvalue weighted by atomic mass is 16.6. The van der Waals surface area contributed by atoms with Gasteiger partial charge in [-0.15, -0.1) is 0 Å². The number of nitro benzene ring substituents is 1. The zero-order chi connectivity index (χ0) is 19.8. The third kappa shape index (κ3) is 5.53. The summed E-state index contributed by atoms with van der Waals surface area (Å²) < 4.78 is 5.12. The quantitative estimate of drug-likeness (QED) is 0.253. The molecule has 0 saturated carbocycles. The molecule has 7 heteroatoms. The number of aryl methyl sites for hydroxylation is 1. The average molecular weight is 382 g/mol. The topological polar surface area (TPSA) is 88.8 Å². The highest BCUT2D eigenvalue weighted by Gasteiger charge is 2.19. The molecule has 0 aliphatic heterocycles. The van der Waals surface area contributed by atoms with Gasteiger partial charge in [-0.3, -0.25) is 10.1 Å². The Kier molecular flexibility index (Phi) is 6.97. The third-order valence-corrected chi connectivity index (χ3v) is 4.85. The van der Waals surface area contributed by atoms with E-state index in [9.17, 15) is 10.1 Å². The lowest BCUT2D eigenvalue weighted by Crippen LogP contribution is -2.46. The van der Waals surface area contributed by atoms with Gasteiger partial charge in [-0.25, -0.2) is 4.99 Å². The summed E-state index contributed by atoms with van der Waals surface area (Å²) in [5, 5.41) is 17.6. The number of fused-ring (bicyclic) bond motifs is 1. The smallest absolute Gasteiger partial charge is 0.269 e. The van der Waals surface area contributed by atoms with E-state index in [1.165, 1.54) is 23.3 Å². The van der Waals surface area contributed by atoms with E-state index in [1.807, 2.05) is 0 Å². The first kappa shape index (κ1) is 19.8. The van der Waals surface area contributed by atoms with Gasteiger partial charge in [0.1, 0.15) is 0 Å². The second kappa shape index (κ2) is 9.85. The number of nitrogens with zero attached hydrogens (tertiary/aromatic N) is 2. The molecule has 2 aromatic carbocycles. The fourth-order valence-corrected chi connectivity index (χ4v) is 3.33. The van der Waals surface area contributed by atoms with Gasteiger partial charge in [0.25, 0.3) is 5.69 Å². The summed E-state index contributed by atoms with van der Waals surface area (Å²) in [6, 6.07) is 15.4. The number of rotatable bonds is 7. The van der Waals surface area contributed by atoms with Crippen LogP contribution in [-0.4, -0.2) is 37.2 Å². The van der Waals surface area contributed by atoms with Gasteiger partial charge in [-0.2, -0.15) is 0 Å². The molecule has 1 atom stereocenters. The van der Waals surface area contributed by atoms with E-state index in [0.29, 0.717) is 25.7 Å². The second-order valence-corrected chi connectivity index (χ2v) is 6.86. The number of methoxy groups -OCH3 is 1. The lowest BCUT2D eigenvalue weighted by atomic mass is 9.88. The minimum Gasteiger partial charge on any atom is -0.383 e. The first-order valence-electron chi connectivity index (χ1n) is 9.49. The normalized spacial score (nSPS) is 16.3. The van der Waals surface area contributed by atoms with Crippen molar-refractivity contribution in [1.82, 2.24) is 10.6 Å². The van der Waals surface area contributed by atoms with Crippen LogP contribution < -0.4 is 10.6 Å². The van der Waals surface area contributed by atoms with Crippen molar-refractivity contribution in [3.8, 4) is 0 Å². The number of hydrogen-bond acceptors (Lipinski definition) is 4. The minimum absolute atomic E-state index is 0.0881. The Labute approximate surface area is 165 Å². The van der Waals surface area contributed by atoms with E-state index in [1.54, 1.807) is 19.2 Å². The highest BCUT2D eigenvalue weighted by Crippen LogP contribution is 2.21. The largest absolute Gasteiger partial charge is 0.383 e. The predicted octanol–water partition coefficient (Wildman–Crippen LogP) is 2.83. The number of benzene rings is 2. The van der Waals surface area contributed by atoms with E-state index in [4.69, 9.17) is 4.74 Å². The number of ether oxygens (including phenoxy) is 1. The van der Waals surface area contributed by atoms with Gasteiger partial charge >= 0.3 is 0 Å². The SMILES string of the molecule is COCCNC(=NCc1ccc([N+](=O)[O-])cc1)NC1CCc2ccccc2C1. The number of guanidine groups is 1.